The summed E-state index contributed by atoms with van der Waals surface area (Å²) in [6.07, 6.45) is -3.39. The Morgan fingerprint density at radius 3 is 2.46 bits per heavy atom. The topological polar surface area (TPSA) is 74.0 Å². The monoisotopic (exact) mass is 564 g/mol. The van der Waals surface area contributed by atoms with Gasteiger partial charge in [-0.05, 0) is 63.4 Å². The number of hydrogen-bond acceptors (Lipinski definition) is 6. The molecule has 1 saturated heterocycles. The van der Waals surface area contributed by atoms with Crippen molar-refractivity contribution >= 4 is 17.7 Å². The Bertz CT molecular complexity index is 1360. The fraction of sp³-hybridized carbons (Fsp3) is 0.429. The second-order valence-electron chi connectivity index (χ2n) is 10.7. The molecule has 208 valence electrons. The molecule has 1 amide bonds. The summed E-state index contributed by atoms with van der Waals surface area (Å²) >= 11 is 6.56. The zero-order valence-electron chi connectivity index (χ0n) is 21.7. The summed E-state index contributed by atoms with van der Waals surface area (Å²) in [7, 11) is 0. The van der Waals surface area contributed by atoms with Crippen LogP contribution in [0.1, 0.15) is 62.3 Å². The highest BCUT2D eigenvalue weighted by Gasteiger charge is 2.37. The summed E-state index contributed by atoms with van der Waals surface area (Å²) in [4.78, 5) is 13.9. The molecule has 2 aliphatic rings. The van der Waals surface area contributed by atoms with Gasteiger partial charge in [0.15, 0.2) is 0 Å². The minimum atomic E-state index is -4.85. The first-order valence-corrected chi connectivity index (χ1v) is 13.0. The quantitative estimate of drug-likeness (QED) is 0.293. The third kappa shape index (κ3) is 6.43. The van der Waals surface area contributed by atoms with Crippen LogP contribution < -0.4 is 9.47 Å². The van der Waals surface area contributed by atoms with Gasteiger partial charge in [-0.25, -0.2) is 4.79 Å². The molecule has 5 rings (SSSR count). The first-order valence-electron chi connectivity index (χ1n) is 12.6. The Kier molecular flexibility index (Phi) is 7.17. The van der Waals surface area contributed by atoms with Gasteiger partial charge in [0.05, 0.1) is 5.56 Å². The van der Waals surface area contributed by atoms with Crippen LogP contribution in [0.25, 0.3) is 11.3 Å². The lowest BCUT2D eigenvalue weighted by Gasteiger charge is -2.40. The van der Waals surface area contributed by atoms with E-state index in [1.54, 1.807) is 23.1 Å². The molecule has 0 radical (unpaired) electrons. The molecular formula is C28H28ClF3N2O5. The lowest BCUT2D eigenvalue weighted by molar-refractivity contribution is -0.274. The predicted molar refractivity (Wildman–Crippen MR) is 137 cm³/mol. The molecule has 39 heavy (non-hydrogen) atoms. The fourth-order valence-electron chi connectivity index (χ4n) is 4.45. The van der Waals surface area contributed by atoms with Crippen LogP contribution in [-0.2, 0) is 11.3 Å². The van der Waals surface area contributed by atoms with Gasteiger partial charge in [-0.1, -0.05) is 35.0 Å². The number of para-hydroxylation sites is 1. The highest BCUT2D eigenvalue weighted by molar-refractivity contribution is 6.31. The molecule has 0 bridgehead atoms. The minimum Gasteiger partial charge on any atom is -0.489 e. The summed E-state index contributed by atoms with van der Waals surface area (Å²) < 4.78 is 60.2. The van der Waals surface area contributed by atoms with Crippen LogP contribution in [0.3, 0.4) is 0 Å². The molecule has 7 nitrogen and oxygen atoms in total. The van der Waals surface area contributed by atoms with Crippen LogP contribution in [0.4, 0.5) is 18.0 Å². The van der Waals surface area contributed by atoms with Gasteiger partial charge in [0.2, 0.25) is 0 Å². The van der Waals surface area contributed by atoms with Gasteiger partial charge in [-0.2, -0.15) is 0 Å². The molecule has 3 aromatic rings. The van der Waals surface area contributed by atoms with E-state index in [9.17, 15) is 18.0 Å². The molecule has 1 aromatic heterocycles. The van der Waals surface area contributed by atoms with Crippen molar-refractivity contribution in [1.82, 2.24) is 10.1 Å². The van der Waals surface area contributed by atoms with Crippen molar-refractivity contribution in [3.63, 3.8) is 0 Å². The number of carbonyl (C=O) groups excluding carboxylic acids is 1. The van der Waals surface area contributed by atoms with Gasteiger partial charge in [-0.3, -0.25) is 0 Å². The number of carbonyl (C=O) groups is 1. The van der Waals surface area contributed by atoms with Gasteiger partial charge < -0.3 is 23.6 Å². The maximum atomic E-state index is 13.0. The molecule has 11 heteroatoms. The van der Waals surface area contributed by atoms with Crippen LogP contribution in [0.2, 0.25) is 5.02 Å². The Morgan fingerprint density at radius 1 is 1.10 bits per heavy atom. The second kappa shape index (κ2) is 10.3. The highest BCUT2D eigenvalue weighted by Crippen LogP contribution is 2.46. The first kappa shape index (κ1) is 27.2. The molecule has 1 aliphatic heterocycles. The third-order valence-electron chi connectivity index (χ3n) is 6.46. The maximum absolute atomic E-state index is 13.0. The van der Waals surface area contributed by atoms with Crippen molar-refractivity contribution in [3.05, 3.63) is 64.4 Å². The van der Waals surface area contributed by atoms with Crippen molar-refractivity contribution in [2.45, 2.75) is 64.0 Å². The van der Waals surface area contributed by atoms with Crippen molar-refractivity contribution in [1.29, 1.82) is 0 Å². The van der Waals surface area contributed by atoms with E-state index >= 15 is 0 Å². The van der Waals surface area contributed by atoms with Crippen LogP contribution in [0, 0.1) is 0 Å². The number of rotatable bonds is 7. The molecule has 2 aromatic carbocycles. The molecule has 0 atom stereocenters. The Morgan fingerprint density at radius 2 is 1.82 bits per heavy atom. The van der Waals surface area contributed by atoms with Crippen molar-refractivity contribution in [2.24, 2.45) is 0 Å². The molecule has 1 aliphatic carbocycles. The average molecular weight is 565 g/mol. The van der Waals surface area contributed by atoms with Crippen molar-refractivity contribution in [3.8, 4) is 22.8 Å². The Hall–Kier alpha value is -3.40. The van der Waals surface area contributed by atoms with E-state index in [1.165, 1.54) is 18.2 Å². The van der Waals surface area contributed by atoms with Gasteiger partial charge in [-0.15, -0.1) is 13.2 Å². The summed E-state index contributed by atoms with van der Waals surface area (Å²) in [5, 5.41) is 4.60. The molecule has 2 fully saturated rings. The first-order chi connectivity index (χ1) is 18.4. The molecule has 0 N–H and O–H groups in total. The Labute approximate surface area is 228 Å². The van der Waals surface area contributed by atoms with Gasteiger partial charge in [0, 0.05) is 35.5 Å². The number of benzene rings is 2. The van der Waals surface area contributed by atoms with Gasteiger partial charge >= 0.3 is 12.5 Å². The van der Waals surface area contributed by atoms with Crippen molar-refractivity contribution in [2.75, 3.05) is 13.1 Å². The maximum Gasteiger partial charge on any atom is 0.573 e. The smallest absolute Gasteiger partial charge is 0.489 e. The number of ether oxygens (including phenoxy) is 3. The summed E-state index contributed by atoms with van der Waals surface area (Å²) in [5.74, 6) is 0.954. The number of aromatic nitrogens is 1. The van der Waals surface area contributed by atoms with E-state index in [1.807, 2.05) is 26.8 Å². The van der Waals surface area contributed by atoms with E-state index in [4.69, 9.17) is 25.6 Å². The number of amides is 1. The lowest BCUT2D eigenvalue weighted by atomic mass is 9.92. The third-order valence-corrected chi connectivity index (χ3v) is 6.79. The number of halogens is 4. The Balaban J connectivity index is 1.30. The molecule has 0 spiro atoms. The lowest BCUT2D eigenvalue weighted by Crippen LogP contribution is -2.50. The van der Waals surface area contributed by atoms with E-state index in [0.29, 0.717) is 35.2 Å². The van der Waals surface area contributed by atoms with Crippen LogP contribution >= 0.6 is 11.6 Å². The van der Waals surface area contributed by atoms with Crippen LogP contribution in [0.5, 0.6) is 11.5 Å². The highest BCUT2D eigenvalue weighted by atomic mass is 35.5. The summed E-state index contributed by atoms with van der Waals surface area (Å²) in [6.45, 7) is 6.50. The SMILES string of the molecule is CC(C)(C)OC(=O)N1CC(c2ccc(OCc3c(-c4ccccc4OC(F)(F)F)noc3C3CC3)cc2Cl)C1. The number of likely N-dealkylation sites (tertiary alicyclic amines) is 1. The minimum absolute atomic E-state index is 0.0243. The molecule has 1 saturated carbocycles. The second-order valence-corrected chi connectivity index (χ2v) is 11.2. The molecular weight excluding hydrogens is 537 g/mol. The van der Waals surface area contributed by atoms with Crippen LogP contribution in [0.15, 0.2) is 47.0 Å². The fourth-order valence-corrected chi connectivity index (χ4v) is 4.78. The summed E-state index contributed by atoms with van der Waals surface area (Å²) in [6, 6.07) is 11.1. The number of hydrogen-bond donors (Lipinski definition) is 0. The van der Waals surface area contributed by atoms with Gasteiger partial charge in [0.1, 0.15) is 35.2 Å². The standard InChI is InChI=1S/C28H28ClF3N2O5/c1-27(2,3)38-26(35)34-13-17(14-34)19-11-10-18(12-22(19)29)36-15-21-24(33-39-25(21)16-8-9-16)20-6-4-5-7-23(20)37-28(30,31)32/h4-7,10-12,16-17H,8-9,13-15H2,1-3H3. The normalized spacial score (nSPS) is 16.1. The number of nitrogens with zero attached hydrogens (tertiary/aromatic N) is 2. The zero-order valence-corrected chi connectivity index (χ0v) is 22.4. The van der Waals surface area contributed by atoms with Crippen molar-refractivity contribution < 1.29 is 36.7 Å². The predicted octanol–water partition coefficient (Wildman–Crippen LogP) is 7.68. The molecule has 2 heterocycles. The largest absolute Gasteiger partial charge is 0.573 e. The van der Waals surface area contributed by atoms with E-state index in [-0.39, 0.29) is 41.5 Å². The van der Waals surface area contributed by atoms with E-state index in [0.717, 1.165) is 18.4 Å². The molecule has 0 unspecified atom stereocenters. The summed E-state index contributed by atoms with van der Waals surface area (Å²) in [5.41, 5.74) is 1.32. The van der Waals surface area contributed by atoms with E-state index < -0.39 is 12.0 Å². The average Bonchev–Trinajstić information content (AvgIpc) is 3.55. The zero-order chi connectivity index (χ0) is 27.9. The van der Waals surface area contributed by atoms with E-state index in [2.05, 4.69) is 9.89 Å². The van der Waals surface area contributed by atoms with Crippen LogP contribution in [-0.4, -0.2) is 41.2 Å². The van der Waals surface area contributed by atoms with Gasteiger partial charge in [0.25, 0.3) is 0 Å². The number of alkyl halides is 3.